The van der Waals surface area contributed by atoms with Crippen molar-refractivity contribution >= 4 is 19.7 Å². The summed E-state index contributed by atoms with van der Waals surface area (Å²) in [4.78, 5) is 0. The van der Waals surface area contributed by atoms with Crippen LogP contribution in [0.5, 0.6) is 0 Å². The van der Waals surface area contributed by atoms with Gasteiger partial charge in [0.15, 0.2) is 23.8 Å². The van der Waals surface area contributed by atoms with E-state index in [4.69, 9.17) is 0 Å². The van der Waals surface area contributed by atoms with Gasteiger partial charge >= 0.3 is 0 Å². The Morgan fingerprint density at radius 2 is 1.38 bits per heavy atom. The summed E-state index contributed by atoms with van der Waals surface area (Å²) in [6, 6.07) is 8.09. The Morgan fingerprint density at radius 1 is 0.938 bits per heavy atom. The SMILES string of the molecule is CC1(c2ccccc2)S(=O)(=O)CCS1(=O)=O. The minimum Gasteiger partial charge on any atom is -0.227 e. The monoisotopic (exact) mass is 260 g/mol. The molecule has 16 heavy (non-hydrogen) atoms. The molecule has 4 nitrogen and oxygen atoms in total. The molecule has 0 atom stereocenters. The van der Waals surface area contributed by atoms with Gasteiger partial charge in [0, 0.05) is 0 Å². The van der Waals surface area contributed by atoms with Crippen molar-refractivity contribution in [3.63, 3.8) is 0 Å². The van der Waals surface area contributed by atoms with Crippen molar-refractivity contribution in [3.8, 4) is 0 Å². The highest BCUT2D eigenvalue weighted by atomic mass is 32.3. The lowest BCUT2D eigenvalue weighted by Gasteiger charge is -2.22. The highest BCUT2D eigenvalue weighted by molar-refractivity contribution is 8.12. The zero-order chi connectivity index (χ0) is 12.0. The van der Waals surface area contributed by atoms with E-state index in [2.05, 4.69) is 0 Å². The maximum atomic E-state index is 11.9. The van der Waals surface area contributed by atoms with Crippen LogP contribution in [0.1, 0.15) is 12.5 Å². The summed E-state index contributed by atoms with van der Waals surface area (Å²) in [5.74, 6) is -0.582. The van der Waals surface area contributed by atoms with Gasteiger partial charge in [-0.1, -0.05) is 30.3 Å². The van der Waals surface area contributed by atoms with Gasteiger partial charge in [0.25, 0.3) is 0 Å². The zero-order valence-corrected chi connectivity index (χ0v) is 10.4. The van der Waals surface area contributed by atoms with Crippen LogP contribution in [0.15, 0.2) is 30.3 Å². The molecule has 0 bridgehead atoms. The van der Waals surface area contributed by atoms with Crippen LogP contribution in [0, 0.1) is 0 Å². The topological polar surface area (TPSA) is 68.3 Å². The third kappa shape index (κ3) is 1.33. The average molecular weight is 260 g/mol. The molecule has 0 amide bonds. The first kappa shape index (κ1) is 11.6. The number of hydrogen-bond acceptors (Lipinski definition) is 4. The van der Waals surface area contributed by atoms with Gasteiger partial charge in [-0.05, 0) is 12.5 Å². The van der Waals surface area contributed by atoms with E-state index in [0.29, 0.717) is 5.56 Å². The van der Waals surface area contributed by atoms with E-state index in [1.807, 2.05) is 0 Å². The molecule has 1 aromatic rings. The first-order valence-corrected chi connectivity index (χ1v) is 8.12. The van der Waals surface area contributed by atoms with Gasteiger partial charge in [-0.25, -0.2) is 16.8 Å². The van der Waals surface area contributed by atoms with Crippen molar-refractivity contribution in [3.05, 3.63) is 35.9 Å². The van der Waals surface area contributed by atoms with Crippen LogP contribution in [0.4, 0.5) is 0 Å². The molecule has 0 spiro atoms. The molecular formula is C10H12O4S2. The normalized spacial score (nSPS) is 25.3. The van der Waals surface area contributed by atoms with Gasteiger partial charge in [0.1, 0.15) is 0 Å². The van der Waals surface area contributed by atoms with Crippen LogP contribution in [0.25, 0.3) is 0 Å². The first-order valence-electron chi connectivity index (χ1n) is 4.81. The predicted octanol–water partition coefficient (Wildman–Crippen LogP) is 0.703. The van der Waals surface area contributed by atoms with E-state index < -0.39 is 23.8 Å². The van der Waals surface area contributed by atoms with Crippen LogP contribution in [0.2, 0.25) is 0 Å². The Kier molecular flexibility index (Phi) is 2.40. The van der Waals surface area contributed by atoms with Gasteiger partial charge < -0.3 is 0 Å². The van der Waals surface area contributed by atoms with Crippen LogP contribution in [-0.4, -0.2) is 28.3 Å². The molecule has 0 radical (unpaired) electrons. The summed E-state index contributed by atoms with van der Waals surface area (Å²) >= 11 is 0. The van der Waals surface area contributed by atoms with E-state index >= 15 is 0 Å². The van der Waals surface area contributed by atoms with Crippen molar-refractivity contribution in [2.75, 3.05) is 11.5 Å². The zero-order valence-electron chi connectivity index (χ0n) is 8.75. The number of benzene rings is 1. The lowest BCUT2D eigenvalue weighted by Crippen LogP contribution is -2.34. The van der Waals surface area contributed by atoms with E-state index in [1.54, 1.807) is 30.3 Å². The third-order valence-corrected chi connectivity index (χ3v) is 9.22. The fraction of sp³-hybridized carbons (Fsp3) is 0.400. The molecule has 0 aliphatic carbocycles. The number of hydrogen-bond donors (Lipinski definition) is 0. The second kappa shape index (κ2) is 3.30. The molecular weight excluding hydrogens is 248 g/mol. The van der Waals surface area contributed by atoms with Crippen LogP contribution >= 0.6 is 0 Å². The van der Waals surface area contributed by atoms with E-state index in [-0.39, 0.29) is 11.5 Å². The molecule has 1 aliphatic heterocycles. The van der Waals surface area contributed by atoms with Gasteiger partial charge in [-0.15, -0.1) is 0 Å². The molecule has 1 heterocycles. The minimum atomic E-state index is -3.64. The Bertz CT molecular complexity index is 565. The van der Waals surface area contributed by atoms with Crippen LogP contribution < -0.4 is 0 Å². The highest BCUT2D eigenvalue weighted by Crippen LogP contribution is 2.41. The molecule has 1 aromatic carbocycles. The molecule has 88 valence electrons. The van der Waals surface area contributed by atoms with Gasteiger partial charge in [-0.3, -0.25) is 0 Å². The lowest BCUT2D eigenvalue weighted by molar-refractivity contribution is 0.565. The summed E-state index contributed by atoms with van der Waals surface area (Å²) in [7, 11) is -7.27. The van der Waals surface area contributed by atoms with Crippen molar-refractivity contribution < 1.29 is 16.8 Å². The molecule has 0 saturated carbocycles. The summed E-state index contributed by atoms with van der Waals surface area (Å²) in [5, 5.41) is 0. The predicted molar refractivity (Wildman–Crippen MR) is 61.4 cm³/mol. The fourth-order valence-corrected chi connectivity index (χ4v) is 7.47. The van der Waals surface area contributed by atoms with Crippen molar-refractivity contribution in [1.82, 2.24) is 0 Å². The average Bonchev–Trinajstić information content (AvgIpc) is 2.41. The molecule has 0 aromatic heterocycles. The number of sulfone groups is 2. The second-order valence-electron chi connectivity index (χ2n) is 3.95. The minimum absolute atomic E-state index is 0.291. The molecule has 2 rings (SSSR count). The maximum absolute atomic E-state index is 11.9. The second-order valence-corrected chi connectivity index (χ2v) is 9.12. The maximum Gasteiger partial charge on any atom is 0.195 e. The molecule has 0 N–H and O–H groups in total. The summed E-state index contributed by atoms with van der Waals surface area (Å²) in [5.41, 5.74) is 0.326. The first-order chi connectivity index (χ1) is 7.31. The van der Waals surface area contributed by atoms with E-state index in [0.717, 1.165) is 0 Å². The van der Waals surface area contributed by atoms with E-state index in [9.17, 15) is 16.8 Å². The van der Waals surface area contributed by atoms with Gasteiger partial charge in [0.2, 0.25) is 0 Å². The van der Waals surface area contributed by atoms with Crippen LogP contribution in [-0.2, 0) is 23.8 Å². The highest BCUT2D eigenvalue weighted by Gasteiger charge is 2.57. The van der Waals surface area contributed by atoms with Gasteiger partial charge in [-0.2, -0.15) is 0 Å². The Morgan fingerprint density at radius 3 is 1.81 bits per heavy atom. The molecule has 6 heteroatoms. The Hall–Kier alpha value is -0.880. The number of rotatable bonds is 1. The molecule has 1 aliphatic rings. The standard InChI is InChI=1S/C10H12O4S2/c1-10(9-5-3-2-4-6-9)15(11,12)7-8-16(10,13)14/h2-6H,7-8H2,1H3. The summed E-state index contributed by atoms with van der Waals surface area (Å²) in [6.45, 7) is 1.28. The summed E-state index contributed by atoms with van der Waals surface area (Å²) in [6.07, 6.45) is 0. The van der Waals surface area contributed by atoms with Crippen molar-refractivity contribution in [2.24, 2.45) is 0 Å². The van der Waals surface area contributed by atoms with Crippen molar-refractivity contribution in [1.29, 1.82) is 0 Å². The third-order valence-electron chi connectivity index (χ3n) is 3.11. The summed E-state index contributed by atoms with van der Waals surface area (Å²) < 4.78 is 45.9. The molecule has 1 saturated heterocycles. The largest absolute Gasteiger partial charge is 0.227 e. The molecule has 1 fully saturated rings. The smallest absolute Gasteiger partial charge is 0.195 e. The lowest BCUT2D eigenvalue weighted by atomic mass is 10.2. The quantitative estimate of drug-likeness (QED) is 0.745. The molecule has 0 unspecified atom stereocenters. The van der Waals surface area contributed by atoms with Gasteiger partial charge in [0.05, 0.1) is 11.5 Å². The van der Waals surface area contributed by atoms with E-state index in [1.165, 1.54) is 6.92 Å². The Labute approximate surface area is 95.1 Å². The van der Waals surface area contributed by atoms with Crippen LogP contribution in [0.3, 0.4) is 0 Å². The Balaban J connectivity index is 2.78. The van der Waals surface area contributed by atoms with Crippen molar-refractivity contribution in [2.45, 2.75) is 11.0 Å². The fourth-order valence-electron chi connectivity index (χ4n) is 1.90.